The lowest BCUT2D eigenvalue weighted by atomic mass is 9.72. The summed E-state index contributed by atoms with van der Waals surface area (Å²) < 4.78 is 34.7. The molecular weight excluding hydrogens is 755 g/mol. The Bertz CT molecular complexity index is 1520. The first-order valence-corrected chi connectivity index (χ1v) is 23.0. The number of carboxylic acid groups (broad SMARTS) is 1. The quantitative estimate of drug-likeness (QED) is 0.145. The number of hydrogen-bond donors (Lipinski definition) is 3. The molecule has 5 aliphatic heterocycles. The van der Waals surface area contributed by atoms with Crippen molar-refractivity contribution in [2.24, 2.45) is 52.0 Å². The molecule has 17 atom stereocenters. The molecule has 3 N–H and O–H groups in total. The highest BCUT2D eigenvalue weighted by Crippen LogP contribution is 2.54. The van der Waals surface area contributed by atoms with Crippen LogP contribution in [0, 0.1) is 46.8 Å². The van der Waals surface area contributed by atoms with Gasteiger partial charge in [0, 0.05) is 35.5 Å². The van der Waals surface area contributed by atoms with E-state index in [2.05, 4.69) is 39.8 Å². The minimum atomic E-state index is -1.31. The van der Waals surface area contributed by atoms with E-state index in [1.165, 1.54) is 0 Å². The number of nitrogens with zero attached hydrogens (tertiary/aromatic N) is 1. The fourth-order valence-corrected chi connectivity index (χ4v) is 11.0. The van der Waals surface area contributed by atoms with Crippen molar-refractivity contribution < 1.29 is 53.4 Å². The molecule has 0 aromatic heterocycles. The summed E-state index contributed by atoms with van der Waals surface area (Å²) in [4.78, 5) is 32.6. The molecule has 59 heavy (non-hydrogen) atoms. The van der Waals surface area contributed by atoms with Crippen LogP contribution in [0.1, 0.15) is 154 Å². The minimum Gasteiger partial charge on any atom is -0.481 e. The van der Waals surface area contributed by atoms with Gasteiger partial charge in [-0.05, 0) is 116 Å². The zero-order valence-electron chi connectivity index (χ0n) is 38.5. The highest BCUT2D eigenvalue weighted by Gasteiger charge is 2.63. The number of Topliss-reactive ketones (excluding diaryl/α,β-unsaturated/α-hetero) is 1. The van der Waals surface area contributed by atoms with Crippen LogP contribution in [-0.2, 0) is 38.1 Å². The monoisotopic (exact) mass is 834 g/mol. The van der Waals surface area contributed by atoms with Gasteiger partial charge in [0.15, 0.2) is 5.79 Å². The number of hydrogen-bond acceptors (Lipinski definition) is 11. The summed E-state index contributed by atoms with van der Waals surface area (Å²) in [5.74, 6) is -5.70. The van der Waals surface area contributed by atoms with E-state index < -0.39 is 70.7 Å². The maximum absolute atomic E-state index is 14.6. The first-order chi connectivity index (χ1) is 27.5. The molecule has 0 aromatic carbocycles. The normalized spacial score (nSPS) is 42.4. The number of carboxylic acids is 1. The van der Waals surface area contributed by atoms with E-state index in [0.717, 1.165) is 32.1 Å². The topological polar surface area (TPSA) is 163 Å². The van der Waals surface area contributed by atoms with Gasteiger partial charge in [-0.2, -0.15) is 0 Å². The fourth-order valence-electron chi connectivity index (χ4n) is 11.0. The zero-order valence-corrected chi connectivity index (χ0v) is 38.5. The highest BCUT2D eigenvalue weighted by molar-refractivity contribution is 6.01. The summed E-state index contributed by atoms with van der Waals surface area (Å²) in [6, 6.07) is 0. The zero-order chi connectivity index (χ0) is 43.9. The number of carbonyl (C=O) groups excluding carboxylic acids is 1. The van der Waals surface area contributed by atoms with Crippen LogP contribution in [-0.4, -0.2) is 98.8 Å². The van der Waals surface area contributed by atoms with Crippen molar-refractivity contribution in [1.29, 1.82) is 0 Å². The fraction of sp³-hybridized carbons (Fsp3) is 0.894. The number of rotatable bonds is 14. The van der Waals surface area contributed by atoms with Gasteiger partial charge in [0.2, 0.25) is 5.79 Å². The number of aliphatic carboxylic acids is 1. The lowest BCUT2D eigenvalue weighted by molar-refractivity contribution is -0.371. The highest BCUT2D eigenvalue weighted by atomic mass is 16.8. The summed E-state index contributed by atoms with van der Waals surface area (Å²) in [5, 5.41) is 36.7. The Labute approximate surface area is 354 Å². The molecule has 0 amide bonds. The van der Waals surface area contributed by atoms with E-state index in [0.29, 0.717) is 37.8 Å². The number of ketones is 1. The van der Waals surface area contributed by atoms with Gasteiger partial charge in [0.25, 0.3) is 0 Å². The van der Waals surface area contributed by atoms with Gasteiger partial charge in [-0.25, -0.2) is 0 Å². The van der Waals surface area contributed by atoms with Crippen LogP contribution >= 0.6 is 0 Å². The molecule has 0 bridgehead atoms. The minimum absolute atomic E-state index is 0.0141. The molecule has 5 rings (SSSR count). The van der Waals surface area contributed by atoms with Gasteiger partial charge in [0.05, 0.1) is 54.7 Å². The van der Waals surface area contributed by atoms with Crippen LogP contribution in [0.3, 0.4) is 0 Å². The lowest BCUT2D eigenvalue weighted by Crippen LogP contribution is -2.62. The van der Waals surface area contributed by atoms with Crippen molar-refractivity contribution >= 4 is 17.5 Å². The van der Waals surface area contributed by atoms with Crippen LogP contribution in [0.25, 0.3) is 0 Å². The van der Waals surface area contributed by atoms with E-state index in [1.807, 2.05) is 60.6 Å². The molecule has 2 spiro atoms. The smallest absolute Gasteiger partial charge is 0.309 e. The summed E-state index contributed by atoms with van der Waals surface area (Å²) in [6.07, 6.45) is 7.80. The third kappa shape index (κ3) is 9.54. The van der Waals surface area contributed by atoms with Crippen LogP contribution in [0.2, 0.25) is 0 Å². The van der Waals surface area contributed by atoms with Gasteiger partial charge >= 0.3 is 5.97 Å². The second-order valence-electron chi connectivity index (χ2n) is 20.5. The molecule has 338 valence electrons. The third-order valence-corrected chi connectivity index (χ3v) is 15.3. The molecule has 5 heterocycles. The van der Waals surface area contributed by atoms with Crippen molar-refractivity contribution in [2.75, 3.05) is 6.61 Å². The van der Waals surface area contributed by atoms with Crippen LogP contribution < -0.4 is 0 Å². The van der Waals surface area contributed by atoms with E-state index in [4.69, 9.17) is 28.5 Å². The Morgan fingerprint density at radius 2 is 1.61 bits per heavy atom. The van der Waals surface area contributed by atoms with Gasteiger partial charge < -0.3 is 43.8 Å². The van der Waals surface area contributed by atoms with Crippen LogP contribution in [0.4, 0.5) is 0 Å². The maximum Gasteiger partial charge on any atom is 0.309 e. The van der Waals surface area contributed by atoms with Crippen molar-refractivity contribution in [3.8, 4) is 0 Å². The number of carbonyl (C=O) groups is 2. The Balaban J connectivity index is 1.39. The summed E-state index contributed by atoms with van der Waals surface area (Å²) in [6.45, 7) is 26.0. The lowest BCUT2D eigenvalue weighted by Gasteiger charge is -2.53. The first-order valence-electron chi connectivity index (χ1n) is 23.0. The average molecular weight is 834 g/mol. The van der Waals surface area contributed by atoms with Gasteiger partial charge in [-0.1, -0.05) is 60.5 Å². The van der Waals surface area contributed by atoms with Crippen LogP contribution in [0.15, 0.2) is 17.3 Å². The molecule has 5 aliphatic rings. The average Bonchev–Trinajstić information content (AvgIpc) is 3.52. The molecular formula is C47H79NO11. The predicted octanol–water partition coefficient (Wildman–Crippen LogP) is 8.25. The Hall–Kier alpha value is -1.93. The number of aliphatic hydroxyl groups excluding tert-OH is 2. The van der Waals surface area contributed by atoms with E-state index in [9.17, 15) is 24.9 Å². The SMILES string of the molecule is CCC(C(=O)O)[C@H]1CC[C@H](C)[C@H]([C@@H](C)[C@H](O)[C@H](C)C(=O)[C@H](CC)[C@H]2O[C@]3(C=C/C(=N\OC(C)(C)C)[C@]4(CC[C@@](C)([C@H]5CC[C@@](CC)(CO)[C@H](C)O5)O4)O3)[C@H](C)C[C@@H]2C)O1. The van der Waals surface area contributed by atoms with E-state index in [1.54, 1.807) is 6.92 Å². The van der Waals surface area contributed by atoms with Crippen molar-refractivity contribution in [1.82, 2.24) is 0 Å². The van der Waals surface area contributed by atoms with Gasteiger partial charge in [-0.3, -0.25) is 9.59 Å². The van der Waals surface area contributed by atoms with Gasteiger partial charge in [0.1, 0.15) is 17.1 Å². The number of ether oxygens (including phenoxy) is 5. The Kier molecular flexibility index (Phi) is 15.0. The van der Waals surface area contributed by atoms with Crippen molar-refractivity contribution in [3.05, 3.63) is 12.2 Å². The maximum atomic E-state index is 14.6. The van der Waals surface area contributed by atoms with Crippen molar-refractivity contribution in [3.63, 3.8) is 0 Å². The molecule has 1 unspecified atom stereocenters. The summed E-state index contributed by atoms with van der Waals surface area (Å²) >= 11 is 0. The molecule has 12 nitrogen and oxygen atoms in total. The molecule has 0 radical (unpaired) electrons. The van der Waals surface area contributed by atoms with E-state index in [-0.39, 0.29) is 53.9 Å². The molecule has 12 heteroatoms. The number of oxime groups is 1. The molecule has 4 fully saturated rings. The number of aliphatic hydroxyl groups is 2. The first kappa shape index (κ1) is 48.1. The largest absolute Gasteiger partial charge is 0.481 e. The molecule has 0 aliphatic carbocycles. The molecule has 0 saturated carbocycles. The molecule has 0 aromatic rings. The standard InChI is InChI=1S/C47H79NO11/c1-14-33(42(52)53)35-18-17-27(4)40(55-35)31(8)38(50)30(7)39(51)34(15-2)41-28(5)25-29(6)46(56-41)22-19-36(48-59-43(10,11)12)47(58-46)24-23-44(13,57-47)37-20-21-45(16-3,26-49)32(9)54-37/h19,22,27-35,37-38,40-41,49-50H,14-18,20-21,23-26H2,1-13H3,(H,52,53)/b48-36+/t27-,28-,29+,30-,31-,32-,33?,34-,35+,37+,38+,40+,41-,44-,45-,46-,47-/m0/s1. The molecule has 4 saturated heterocycles. The van der Waals surface area contributed by atoms with Gasteiger partial charge in [-0.15, -0.1) is 0 Å². The predicted molar refractivity (Wildman–Crippen MR) is 225 cm³/mol. The second kappa shape index (κ2) is 18.4. The Morgan fingerprint density at radius 3 is 2.19 bits per heavy atom. The van der Waals surface area contributed by atoms with Crippen molar-refractivity contribution in [2.45, 2.75) is 214 Å². The Morgan fingerprint density at radius 1 is 0.932 bits per heavy atom. The van der Waals surface area contributed by atoms with E-state index >= 15 is 0 Å². The summed E-state index contributed by atoms with van der Waals surface area (Å²) in [7, 11) is 0. The summed E-state index contributed by atoms with van der Waals surface area (Å²) in [5.41, 5.74) is -1.06. The van der Waals surface area contributed by atoms with Crippen LogP contribution in [0.5, 0.6) is 0 Å². The second-order valence-corrected chi connectivity index (χ2v) is 20.5. The third-order valence-electron chi connectivity index (χ3n) is 15.3.